The molecule has 0 radical (unpaired) electrons. The first-order chi connectivity index (χ1) is 15.7. The average molecular weight is 424 g/mol. The molecule has 2 amide bonds. The molecule has 5 heteroatoms. The molecule has 0 spiro atoms. The summed E-state index contributed by atoms with van der Waals surface area (Å²) < 4.78 is 0. The highest BCUT2D eigenvalue weighted by Crippen LogP contribution is 2.44. The Hall–Kier alpha value is -3.60. The van der Waals surface area contributed by atoms with Crippen LogP contribution in [0.2, 0.25) is 0 Å². The van der Waals surface area contributed by atoms with Crippen LogP contribution in [0.5, 0.6) is 0 Å². The van der Waals surface area contributed by atoms with Gasteiger partial charge in [0.1, 0.15) is 6.04 Å². The minimum Gasteiger partial charge on any atom is -0.356 e. The number of aromatic nitrogens is 1. The lowest BCUT2D eigenvalue weighted by atomic mass is 9.84. The maximum absolute atomic E-state index is 13.5. The number of nitrogens with one attached hydrogen (secondary N) is 1. The van der Waals surface area contributed by atoms with Gasteiger partial charge in [-0.25, -0.2) is 0 Å². The van der Waals surface area contributed by atoms with Crippen molar-refractivity contribution in [3.63, 3.8) is 0 Å². The second-order valence-corrected chi connectivity index (χ2v) is 8.81. The van der Waals surface area contributed by atoms with Gasteiger partial charge >= 0.3 is 0 Å². The fourth-order valence-electron chi connectivity index (χ4n) is 5.60. The van der Waals surface area contributed by atoms with Gasteiger partial charge in [-0.05, 0) is 34.4 Å². The number of H-pyrrole nitrogens is 1. The Morgan fingerprint density at radius 2 is 1.69 bits per heavy atom. The maximum Gasteiger partial charge on any atom is 0.246 e. The largest absolute Gasteiger partial charge is 0.356 e. The number of fused-ring (bicyclic) bond motifs is 5. The molecule has 160 valence electrons. The number of carbonyl (C=O) groups excluding carboxylic acids is 2. The van der Waals surface area contributed by atoms with Gasteiger partial charge in [-0.1, -0.05) is 67.6 Å². The van der Waals surface area contributed by atoms with E-state index in [-0.39, 0.29) is 24.4 Å². The molecule has 4 aromatic rings. The normalized spacial score (nSPS) is 20.7. The summed E-state index contributed by atoms with van der Waals surface area (Å²) in [4.78, 5) is 34.3. The number of hydrogen-bond donors (Lipinski definition) is 1. The highest BCUT2D eigenvalue weighted by Gasteiger charge is 2.48. The molecule has 1 N–H and O–H groups in total. The lowest BCUT2D eigenvalue weighted by Gasteiger charge is -2.47. The Kier molecular flexibility index (Phi) is 4.32. The average Bonchev–Trinajstić information content (AvgIpc) is 3.19. The first kappa shape index (κ1) is 19.1. The lowest BCUT2D eigenvalue weighted by Crippen LogP contribution is -2.63. The third kappa shape index (κ3) is 2.70. The summed E-state index contributed by atoms with van der Waals surface area (Å²) in [6.45, 7) is 2.82. The number of carbonyl (C=O) groups is 2. The highest BCUT2D eigenvalue weighted by atomic mass is 16.2. The van der Waals surface area contributed by atoms with Crippen molar-refractivity contribution in [3.8, 4) is 0 Å². The van der Waals surface area contributed by atoms with Crippen LogP contribution in [0.25, 0.3) is 21.7 Å². The fraction of sp³-hybridized carbons (Fsp3) is 0.259. The minimum atomic E-state index is -0.474. The Labute approximate surface area is 186 Å². The van der Waals surface area contributed by atoms with Crippen LogP contribution in [0, 0.1) is 0 Å². The monoisotopic (exact) mass is 423 g/mol. The summed E-state index contributed by atoms with van der Waals surface area (Å²) in [5.41, 5.74) is 4.29. The zero-order valence-electron chi connectivity index (χ0n) is 18.0. The number of para-hydroxylation sites is 1. The van der Waals surface area contributed by atoms with Gasteiger partial charge in [0.2, 0.25) is 11.8 Å². The molecule has 2 atom stereocenters. The number of amides is 2. The molecule has 0 unspecified atom stereocenters. The zero-order valence-corrected chi connectivity index (χ0v) is 18.0. The fourth-order valence-corrected chi connectivity index (χ4v) is 5.60. The van der Waals surface area contributed by atoms with E-state index in [1.165, 1.54) is 0 Å². The Morgan fingerprint density at radius 3 is 2.53 bits per heavy atom. The van der Waals surface area contributed by atoms with Crippen molar-refractivity contribution in [2.45, 2.75) is 31.8 Å². The zero-order chi connectivity index (χ0) is 21.8. The quantitative estimate of drug-likeness (QED) is 0.530. The molecule has 0 bridgehead atoms. The Balaban J connectivity index is 1.61. The number of rotatable bonds is 3. The molecule has 5 nitrogen and oxygen atoms in total. The molecule has 32 heavy (non-hydrogen) atoms. The molecule has 6 rings (SSSR count). The summed E-state index contributed by atoms with van der Waals surface area (Å²) in [5, 5.41) is 3.38. The van der Waals surface area contributed by atoms with Gasteiger partial charge in [-0.3, -0.25) is 9.59 Å². The van der Waals surface area contributed by atoms with Crippen LogP contribution >= 0.6 is 0 Å². The van der Waals surface area contributed by atoms with Crippen LogP contribution in [-0.4, -0.2) is 45.7 Å². The third-order valence-electron chi connectivity index (χ3n) is 6.95. The van der Waals surface area contributed by atoms with Crippen LogP contribution in [0.15, 0.2) is 66.7 Å². The summed E-state index contributed by atoms with van der Waals surface area (Å²) in [5.74, 6) is 0.0814. The van der Waals surface area contributed by atoms with Crippen molar-refractivity contribution in [2.24, 2.45) is 0 Å². The van der Waals surface area contributed by atoms with E-state index in [0.29, 0.717) is 13.0 Å². The van der Waals surface area contributed by atoms with Crippen molar-refractivity contribution >= 4 is 33.5 Å². The van der Waals surface area contributed by atoms with E-state index in [0.717, 1.165) is 44.9 Å². The second-order valence-electron chi connectivity index (χ2n) is 8.81. The molecule has 1 fully saturated rings. The van der Waals surface area contributed by atoms with E-state index < -0.39 is 6.04 Å². The van der Waals surface area contributed by atoms with Crippen LogP contribution in [0.3, 0.4) is 0 Å². The first-order valence-corrected chi connectivity index (χ1v) is 11.3. The predicted octanol–water partition coefficient (Wildman–Crippen LogP) is 4.42. The number of piperazine rings is 1. The van der Waals surface area contributed by atoms with E-state index in [1.54, 1.807) is 4.90 Å². The molecule has 0 saturated carbocycles. The predicted molar refractivity (Wildman–Crippen MR) is 125 cm³/mol. The van der Waals surface area contributed by atoms with Crippen LogP contribution < -0.4 is 0 Å². The van der Waals surface area contributed by atoms with Gasteiger partial charge in [0.05, 0.1) is 12.6 Å². The van der Waals surface area contributed by atoms with E-state index >= 15 is 0 Å². The Morgan fingerprint density at radius 1 is 0.938 bits per heavy atom. The van der Waals surface area contributed by atoms with Crippen molar-refractivity contribution in [1.82, 2.24) is 14.8 Å². The maximum atomic E-state index is 13.5. The highest BCUT2D eigenvalue weighted by molar-refractivity contribution is 5.98. The first-order valence-electron chi connectivity index (χ1n) is 11.3. The second kappa shape index (κ2) is 7.23. The standard InChI is InChI=1S/C27H25N3O2/c1-2-14-29-16-24(31)30-23(27(29)32)15-21-19-11-5-6-13-22(19)28-25(21)26(30)20-12-7-9-17-8-3-4-10-18(17)20/h3-13,23,26,28H,2,14-16H2,1H3/t23-,26+/m0/s1. The van der Waals surface area contributed by atoms with E-state index in [9.17, 15) is 9.59 Å². The Bertz CT molecular complexity index is 1370. The van der Waals surface area contributed by atoms with Crippen LogP contribution in [0.4, 0.5) is 0 Å². The number of hydrogen-bond acceptors (Lipinski definition) is 2. The van der Waals surface area contributed by atoms with Gasteiger partial charge < -0.3 is 14.8 Å². The molecule has 3 heterocycles. The van der Waals surface area contributed by atoms with Crippen molar-refractivity contribution in [1.29, 1.82) is 0 Å². The molecule has 3 aromatic carbocycles. The van der Waals surface area contributed by atoms with Crippen LogP contribution in [-0.2, 0) is 16.0 Å². The van der Waals surface area contributed by atoms with E-state index in [1.807, 2.05) is 42.2 Å². The summed E-state index contributed by atoms with van der Waals surface area (Å²) in [7, 11) is 0. The van der Waals surface area contributed by atoms with Crippen LogP contribution in [0.1, 0.15) is 36.2 Å². The topological polar surface area (TPSA) is 56.4 Å². The number of benzene rings is 3. The molecule has 2 aliphatic heterocycles. The van der Waals surface area contributed by atoms with Crippen molar-refractivity contribution in [2.75, 3.05) is 13.1 Å². The van der Waals surface area contributed by atoms with Crippen molar-refractivity contribution in [3.05, 3.63) is 83.6 Å². The lowest BCUT2D eigenvalue weighted by molar-refractivity contribution is -0.158. The van der Waals surface area contributed by atoms with Gasteiger partial charge in [-0.2, -0.15) is 0 Å². The molecule has 2 aliphatic rings. The van der Waals surface area contributed by atoms with Gasteiger partial charge in [0, 0.05) is 29.6 Å². The van der Waals surface area contributed by atoms with E-state index in [2.05, 4.69) is 41.4 Å². The van der Waals surface area contributed by atoms with Gasteiger partial charge in [0.25, 0.3) is 0 Å². The molecular weight excluding hydrogens is 398 g/mol. The smallest absolute Gasteiger partial charge is 0.246 e. The van der Waals surface area contributed by atoms with Gasteiger partial charge in [0.15, 0.2) is 0 Å². The molecular formula is C27H25N3O2. The summed E-state index contributed by atoms with van der Waals surface area (Å²) >= 11 is 0. The summed E-state index contributed by atoms with van der Waals surface area (Å²) in [6, 6.07) is 21.9. The molecule has 0 aliphatic carbocycles. The third-order valence-corrected chi connectivity index (χ3v) is 6.95. The molecule has 1 saturated heterocycles. The van der Waals surface area contributed by atoms with E-state index in [4.69, 9.17) is 0 Å². The minimum absolute atomic E-state index is 0.0188. The summed E-state index contributed by atoms with van der Waals surface area (Å²) in [6.07, 6.45) is 1.39. The van der Waals surface area contributed by atoms with Gasteiger partial charge in [-0.15, -0.1) is 0 Å². The molecule has 1 aromatic heterocycles. The SMILES string of the molecule is CCCN1CC(=O)N2[C@H](c3cccc4ccccc34)c3[nH]c4ccccc4c3C[C@H]2C1=O. The number of aromatic amines is 1. The number of nitrogens with zero attached hydrogens (tertiary/aromatic N) is 2. The van der Waals surface area contributed by atoms with Crippen molar-refractivity contribution < 1.29 is 9.59 Å².